The Morgan fingerprint density at radius 2 is 2.06 bits per heavy atom. The van der Waals surface area contributed by atoms with Crippen molar-refractivity contribution in [1.82, 2.24) is 9.97 Å². The largest absolute Gasteiger partial charge is 0.508 e. The van der Waals surface area contributed by atoms with Gasteiger partial charge in [-0.1, -0.05) is 6.07 Å². The molecule has 0 saturated carbocycles. The molecular formula is C11H9N3O4. The van der Waals surface area contributed by atoms with Crippen molar-refractivity contribution in [2.75, 3.05) is 5.32 Å². The van der Waals surface area contributed by atoms with E-state index in [1.807, 2.05) is 4.98 Å². The smallest absolute Gasteiger partial charge is 0.325 e. The summed E-state index contributed by atoms with van der Waals surface area (Å²) in [4.78, 5) is 38.0. The maximum absolute atomic E-state index is 11.7. The number of amides is 1. The van der Waals surface area contributed by atoms with E-state index in [1.54, 1.807) is 12.1 Å². The first-order chi connectivity index (χ1) is 8.56. The summed E-state index contributed by atoms with van der Waals surface area (Å²) in [6, 6.07) is 5.87. The number of hydrogen-bond donors (Lipinski definition) is 4. The molecule has 92 valence electrons. The molecule has 0 bridgehead atoms. The molecule has 0 radical (unpaired) electrons. The zero-order valence-corrected chi connectivity index (χ0v) is 9.06. The molecule has 1 aromatic heterocycles. The molecule has 0 aliphatic carbocycles. The Labute approximate surface area is 100 Å². The number of nitrogens with one attached hydrogen (secondary N) is 3. The Kier molecular flexibility index (Phi) is 2.96. The lowest BCUT2D eigenvalue weighted by Gasteiger charge is -2.04. The van der Waals surface area contributed by atoms with Gasteiger partial charge in [-0.2, -0.15) is 0 Å². The van der Waals surface area contributed by atoms with Crippen molar-refractivity contribution in [2.45, 2.75) is 0 Å². The Hall–Kier alpha value is -2.83. The molecule has 0 aliphatic rings. The fraction of sp³-hybridized carbons (Fsp3) is 0. The third kappa shape index (κ3) is 2.46. The minimum Gasteiger partial charge on any atom is -0.508 e. The number of aromatic nitrogens is 2. The molecule has 2 aromatic rings. The predicted octanol–water partition coefficient (Wildman–Crippen LogP) is 0.0211. The number of carbonyl (C=O) groups is 1. The Morgan fingerprint density at radius 1 is 1.28 bits per heavy atom. The second-order valence-electron chi connectivity index (χ2n) is 3.49. The molecular weight excluding hydrogens is 238 g/mol. The molecule has 1 amide bonds. The van der Waals surface area contributed by atoms with Gasteiger partial charge in [0.05, 0.1) is 0 Å². The van der Waals surface area contributed by atoms with Crippen LogP contribution >= 0.6 is 0 Å². The average Bonchev–Trinajstić information content (AvgIpc) is 2.28. The van der Waals surface area contributed by atoms with Crippen LogP contribution in [0.3, 0.4) is 0 Å². The zero-order chi connectivity index (χ0) is 13.1. The number of hydrogen-bond acceptors (Lipinski definition) is 4. The van der Waals surface area contributed by atoms with Crippen LogP contribution in [0.4, 0.5) is 5.69 Å². The summed E-state index contributed by atoms with van der Waals surface area (Å²) in [5.41, 5.74) is -1.35. The summed E-state index contributed by atoms with van der Waals surface area (Å²) < 4.78 is 0. The van der Waals surface area contributed by atoms with E-state index in [2.05, 4.69) is 10.3 Å². The third-order valence-corrected chi connectivity index (χ3v) is 2.17. The van der Waals surface area contributed by atoms with Crippen molar-refractivity contribution in [3.05, 3.63) is 56.9 Å². The summed E-state index contributed by atoms with van der Waals surface area (Å²) in [5, 5.41) is 11.6. The molecule has 7 heteroatoms. The monoisotopic (exact) mass is 247 g/mol. The number of phenols is 1. The zero-order valence-electron chi connectivity index (χ0n) is 9.06. The Balaban J connectivity index is 2.27. The average molecular weight is 247 g/mol. The van der Waals surface area contributed by atoms with Crippen LogP contribution in [-0.4, -0.2) is 21.0 Å². The number of aromatic amines is 2. The molecule has 1 heterocycles. The number of carbonyl (C=O) groups excluding carboxylic acids is 1. The Bertz CT molecular complexity index is 702. The molecule has 0 aliphatic heterocycles. The van der Waals surface area contributed by atoms with Crippen LogP contribution in [0, 0.1) is 0 Å². The molecule has 0 fully saturated rings. The van der Waals surface area contributed by atoms with Crippen LogP contribution < -0.4 is 16.6 Å². The molecule has 4 N–H and O–H groups in total. The van der Waals surface area contributed by atoms with Gasteiger partial charge in [0, 0.05) is 18.0 Å². The van der Waals surface area contributed by atoms with Crippen LogP contribution in [0.5, 0.6) is 5.75 Å². The first-order valence-electron chi connectivity index (χ1n) is 4.98. The van der Waals surface area contributed by atoms with Crippen molar-refractivity contribution >= 4 is 11.6 Å². The molecule has 7 nitrogen and oxygen atoms in total. The highest BCUT2D eigenvalue weighted by Gasteiger charge is 2.11. The lowest BCUT2D eigenvalue weighted by molar-refractivity contribution is 0.102. The van der Waals surface area contributed by atoms with E-state index in [0.717, 1.165) is 6.20 Å². The van der Waals surface area contributed by atoms with Gasteiger partial charge in [0.1, 0.15) is 11.3 Å². The first kappa shape index (κ1) is 11.6. The minimum atomic E-state index is -0.781. The van der Waals surface area contributed by atoms with Gasteiger partial charge in [-0.15, -0.1) is 0 Å². The van der Waals surface area contributed by atoms with Gasteiger partial charge in [-0.05, 0) is 12.1 Å². The van der Waals surface area contributed by atoms with Gasteiger partial charge < -0.3 is 15.4 Å². The van der Waals surface area contributed by atoms with E-state index in [-0.39, 0.29) is 11.3 Å². The van der Waals surface area contributed by atoms with Gasteiger partial charge >= 0.3 is 5.69 Å². The highest BCUT2D eigenvalue weighted by atomic mass is 16.3. The molecule has 2 rings (SSSR count). The number of phenolic OH excluding ortho intramolecular Hbond substituents is 1. The van der Waals surface area contributed by atoms with E-state index in [9.17, 15) is 19.5 Å². The molecule has 0 saturated heterocycles. The second-order valence-corrected chi connectivity index (χ2v) is 3.49. The van der Waals surface area contributed by atoms with Gasteiger partial charge in [-0.25, -0.2) is 4.79 Å². The Morgan fingerprint density at radius 3 is 2.72 bits per heavy atom. The third-order valence-electron chi connectivity index (χ3n) is 2.17. The van der Waals surface area contributed by atoms with Crippen molar-refractivity contribution in [1.29, 1.82) is 0 Å². The quantitative estimate of drug-likeness (QED) is 0.598. The summed E-state index contributed by atoms with van der Waals surface area (Å²) >= 11 is 0. The molecule has 0 unspecified atom stereocenters. The van der Waals surface area contributed by atoms with Crippen LogP contribution in [0.1, 0.15) is 10.4 Å². The standard InChI is InChI=1S/C11H9N3O4/c15-7-3-1-2-6(4-7)13-9(16)8-5-12-11(18)14-10(8)17/h1-5,15H,(H,13,16)(H2,12,14,17,18). The number of anilines is 1. The SMILES string of the molecule is O=C(Nc1cccc(O)c1)c1c[nH]c(=O)[nH]c1=O. The van der Waals surface area contributed by atoms with Gasteiger partial charge in [0.2, 0.25) is 0 Å². The highest BCUT2D eigenvalue weighted by Crippen LogP contribution is 2.15. The number of rotatable bonds is 2. The summed E-state index contributed by atoms with van der Waals surface area (Å²) in [6.07, 6.45) is 1.03. The lowest BCUT2D eigenvalue weighted by Crippen LogP contribution is -2.29. The number of benzene rings is 1. The molecule has 0 spiro atoms. The van der Waals surface area contributed by atoms with Crippen LogP contribution in [-0.2, 0) is 0 Å². The first-order valence-corrected chi connectivity index (χ1v) is 4.98. The molecule has 1 aromatic carbocycles. The summed E-state index contributed by atoms with van der Waals surface area (Å²) in [5.74, 6) is -0.693. The molecule has 0 atom stereocenters. The normalized spacial score (nSPS) is 10.0. The van der Waals surface area contributed by atoms with E-state index in [0.29, 0.717) is 5.69 Å². The van der Waals surface area contributed by atoms with Crippen molar-refractivity contribution < 1.29 is 9.90 Å². The predicted molar refractivity (Wildman–Crippen MR) is 63.7 cm³/mol. The topological polar surface area (TPSA) is 115 Å². The summed E-state index contributed by atoms with van der Waals surface area (Å²) in [6.45, 7) is 0. The van der Waals surface area contributed by atoms with E-state index < -0.39 is 17.2 Å². The van der Waals surface area contributed by atoms with Crippen LogP contribution in [0.15, 0.2) is 40.1 Å². The summed E-state index contributed by atoms with van der Waals surface area (Å²) in [7, 11) is 0. The number of H-pyrrole nitrogens is 2. The molecule has 18 heavy (non-hydrogen) atoms. The highest BCUT2D eigenvalue weighted by molar-refractivity contribution is 6.03. The van der Waals surface area contributed by atoms with Gasteiger partial charge in [0.15, 0.2) is 0 Å². The van der Waals surface area contributed by atoms with Gasteiger partial charge in [-0.3, -0.25) is 14.6 Å². The van der Waals surface area contributed by atoms with E-state index in [4.69, 9.17) is 0 Å². The second kappa shape index (κ2) is 4.58. The minimum absolute atomic E-state index is 0.0109. The fourth-order valence-electron chi connectivity index (χ4n) is 1.36. The van der Waals surface area contributed by atoms with Crippen LogP contribution in [0.25, 0.3) is 0 Å². The maximum Gasteiger partial charge on any atom is 0.325 e. The van der Waals surface area contributed by atoms with E-state index >= 15 is 0 Å². The van der Waals surface area contributed by atoms with Crippen molar-refractivity contribution in [3.63, 3.8) is 0 Å². The van der Waals surface area contributed by atoms with Crippen molar-refractivity contribution in [3.8, 4) is 5.75 Å². The van der Waals surface area contributed by atoms with Crippen LogP contribution in [0.2, 0.25) is 0 Å². The van der Waals surface area contributed by atoms with E-state index in [1.165, 1.54) is 12.1 Å². The lowest BCUT2D eigenvalue weighted by atomic mass is 10.2. The fourth-order valence-corrected chi connectivity index (χ4v) is 1.36. The van der Waals surface area contributed by atoms with Gasteiger partial charge in [0.25, 0.3) is 11.5 Å². The number of aromatic hydroxyl groups is 1. The van der Waals surface area contributed by atoms with Crippen molar-refractivity contribution in [2.24, 2.45) is 0 Å². The maximum atomic E-state index is 11.7.